The van der Waals surface area contributed by atoms with Crippen molar-refractivity contribution < 1.29 is 4.74 Å². The molecule has 0 aromatic heterocycles. The Morgan fingerprint density at radius 2 is 2.31 bits per heavy atom. The van der Waals surface area contributed by atoms with E-state index in [2.05, 4.69) is 13.0 Å². The van der Waals surface area contributed by atoms with Gasteiger partial charge in [0.25, 0.3) is 0 Å². The topological polar surface area (TPSA) is 33.0 Å². The summed E-state index contributed by atoms with van der Waals surface area (Å²) < 4.78 is 5.59. The summed E-state index contributed by atoms with van der Waals surface area (Å²) in [5, 5.41) is 9.11. The van der Waals surface area contributed by atoms with Gasteiger partial charge in [0.05, 0.1) is 6.07 Å². The maximum Gasteiger partial charge on any atom is 0.154 e. The highest BCUT2D eigenvalue weighted by molar-refractivity contribution is 5.04. The molecule has 74 valence electrons. The van der Waals surface area contributed by atoms with Crippen molar-refractivity contribution in [2.45, 2.75) is 51.6 Å². The van der Waals surface area contributed by atoms with Crippen LogP contribution in [0.5, 0.6) is 0 Å². The highest BCUT2D eigenvalue weighted by Crippen LogP contribution is 2.36. The molecule has 0 heterocycles. The Hall–Kier alpha value is -0.550. The first-order chi connectivity index (χ1) is 6.26. The van der Waals surface area contributed by atoms with Crippen molar-refractivity contribution in [1.82, 2.24) is 0 Å². The predicted octanol–water partition coefficient (Wildman–Crippen LogP) is 2.89. The van der Waals surface area contributed by atoms with Crippen LogP contribution in [0, 0.1) is 17.2 Å². The second kappa shape index (κ2) is 4.62. The van der Waals surface area contributed by atoms with Crippen LogP contribution >= 0.6 is 0 Å². The minimum atomic E-state index is -0.451. The van der Waals surface area contributed by atoms with Crippen LogP contribution in [0.4, 0.5) is 0 Å². The van der Waals surface area contributed by atoms with E-state index in [4.69, 9.17) is 10.00 Å². The second-order valence-corrected chi connectivity index (χ2v) is 3.91. The third-order valence-corrected chi connectivity index (χ3v) is 3.01. The molecule has 1 rings (SSSR count). The van der Waals surface area contributed by atoms with Gasteiger partial charge in [-0.25, -0.2) is 0 Å². The summed E-state index contributed by atoms with van der Waals surface area (Å²) in [7, 11) is 0. The molecule has 1 aliphatic rings. The van der Waals surface area contributed by atoms with Gasteiger partial charge in [-0.05, 0) is 32.1 Å². The first kappa shape index (κ1) is 10.5. The second-order valence-electron chi connectivity index (χ2n) is 3.91. The molecule has 2 nitrogen and oxygen atoms in total. The van der Waals surface area contributed by atoms with E-state index in [0.717, 1.165) is 19.3 Å². The fourth-order valence-corrected chi connectivity index (χ4v) is 2.24. The lowest BCUT2D eigenvalue weighted by molar-refractivity contribution is -0.0359. The summed E-state index contributed by atoms with van der Waals surface area (Å²) in [6.07, 6.45) is 5.46. The molecule has 0 aliphatic heterocycles. The van der Waals surface area contributed by atoms with E-state index >= 15 is 0 Å². The van der Waals surface area contributed by atoms with Gasteiger partial charge in [0.15, 0.2) is 5.60 Å². The van der Waals surface area contributed by atoms with Gasteiger partial charge < -0.3 is 4.74 Å². The number of hydrogen-bond acceptors (Lipinski definition) is 2. The van der Waals surface area contributed by atoms with Gasteiger partial charge in [0, 0.05) is 6.61 Å². The fraction of sp³-hybridized carbons (Fsp3) is 0.909. The Labute approximate surface area is 80.9 Å². The van der Waals surface area contributed by atoms with E-state index in [-0.39, 0.29) is 0 Å². The van der Waals surface area contributed by atoms with Crippen molar-refractivity contribution in [2.24, 2.45) is 5.92 Å². The molecule has 0 spiro atoms. The van der Waals surface area contributed by atoms with E-state index in [0.29, 0.717) is 12.5 Å². The monoisotopic (exact) mass is 181 g/mol. The van der Waals surface area contributed by atoms with Crippen LogP contribution in [0.1, 0.15) is 46.0 Å². The minimum absolute atomic E-state index is 0.451. The zero-order chi connectivity index (χ0) is 9.73. The van der Waals surface area contributed by atoms with Crippen LogP contribution in [0.2, 0.25) is 0 Å². The quantitative estimate of drug-likeness (QED) is 0.670. The maximum atomic E-state index is 9.11. The largest absolute Gasteiger partial charge is 0.360 e. The van der Waals surface area contributed by atoms with Crippen LogP contribution in [-0.4, -0.2) is 12.2 Å². The lowest BCUT2D eigenvalue weighted by atomic mass is 9.77. The normalized spacial score (nSPS) is 34.1. The van der Waals surface area contributed by atoms with Crippen molar-refractivity contribution in [1.29, 1.82) is 5.26 Å². The summed E-state index contributed by atoms with van der Waals surface area (Å²) >= 11 is 0. The van der Waals surface area contributed by atoms with Gasteiger partial charge in [-0.3, -0.25) is 0 Å². The van der Waals surface area contributed by atoms with Gasteiger partial charge in [0.1, 0.15) is 0 Å². The number of hydrogen-bond donors (Lipinski definition) is 0. The number of nitrogens with zero attached hydrogens (tertiary/aromatic N) is 1. The van der Waals surface area contributed by atoms with E-state index in [9.17, 15) is 0 Å². The summed E-state index contributed by atoms with van der Waals surface area (Å²) in [6.45, 7) is 4.82. The summed E-state index contributed by atoms with van der Waals surface area (Å²) in [5.41, 5.74) is -0.451. The van der Waals surface area contributed by atoms with Crippen LogP contribution in [-0.2, 0) is 4.74 Å². The molecular formula is C11H19NO. The lowest BCUT2D eigenvalue weighted by Gasteiger charge is -2.34. The van der Waals surface area contributed by atoms with E-state index < -0.39 is 5.60 Å². The molecule has 1 fully saturated rings. The van der Waals surface area contributed by atoms with Crippen molar-refractivity contribution >= 4 is 0 Å². The Morgan fingerprint density at radius 1 is 1.54 bits per heavy atom. The summed E-state index contributed by atoms with van der Waals surface area (Å²) in [6, 6.07) is 2.36. The predicted molar refractivity (Wildman–Crippen MR) is 52.2 cm³/mol. The van der Waals surface area contributed by atoms with Crippen molar-refractivity contribution in [3.05, 3.63) is 0 Å². The van der Waals surface area contributed by atoms with Crippen molar-refractivity contribution in [3.63, 3.8) is 0 Å². The molecule has 1 saturated carbocycles. The van der Waals surface area contributed by atoms with Gasteiger partial charge in [-0.2, -0.15) is 5.26 Å². The first-order valence-corrected chi connectivity index (χ1v) is 5.31. The zero-order valence-electron chi connectivity index (χ0n) is 8.68. The van der Waals surface area contributed by atoms with E-state index in [1.807, 2.05) is 6.92 Å². The highest BCUT2D eigenvalue weighted by atomic mass is 16.5. The van der Waals surface area contributed by atoms with Crippen molar-refractivity contribution in [2.75, 3.05) is 6.61 Å². The molecule has 2 unspecified atom stereocenters. The third-order valence-electron chi connectivity index (χ3n) is 3.01. The van der Waals surface area contributed by atoms with Crippen LogP contribution in [0.3, 0.4) is 0 Å². The van der Waals surface area contributed by atoms with Crippen molar-refractivity contribution in [3.8, 4) is 6.07 Å². The molecule has 0 amide bonds. The Kier molecular flexibility index (Phi) is 3.74. The number of ether oxygens (including phenoxy) is 1. The molecule has 0 saturated heterocycles. The zero-order valence-corrected chi connectivity index (χ0v) is 8.68. The summed E-state index contributed by atoms with van der Waals surface area (Å²) in [5.74, 6) is 0.694. The van der Waals surface area contributed by atoms with Crippen LogP contribution in [0.15, 0.2) is 0 Å². The van der Waals surface area contributed by atoms with E-state index in [1.165, 1.54) is 12.8 Å². The van der Waals surface area contributed by atoms with Gasteiger partial charge >= 0.3 is 0 Å². The Morgan fingerprint density at radius 3 is 2.85 bits per heavy atom. The first-order valence-electron chi connectivity index (χ1n) is 5.31. The van der Waals surface area contributed by atoms with Gasteiger partial charge in [0.2, 0.25) is 0 Å². The smallest absolute Gasteiger partial charge is 0.154 e. The highest BCUT2D eigenvalue weighted by Gasteiger charge is 2.36. The molecule has 0 aromatic carbocycles. The molecule has 1 aliphatic carbocycles. The number of nitriles is 1. The molecule has 2 atom stereocenters. The molecule has 13 heavy (non-hydrogen) atoms. The van der Waals surface area contributed by atoms with Crippen LogP contribution in [0.25, 0.3) is 0 Å². The minimum Gasteiger partial charge on any atom is -0.360 e. The average Bonchev–Trinajstić information content (AvgIpc) is 2.19. The third kappa shape index (κ3) is 2.45. The lowest BCUT2D eigenvalue weighted by Crippen LogP contribution is -2.36. The number of rotatable bonds is 3. The molecule has 0 aromatic rings. The molecular weight excluding hydrogens is 162 g/mol. The fourth-order valence-electron chi connectivity index (χ4n) is 2.24. The van der Waals surface area contributed by atoms with Gasteiger partial charge in [-0.15, -0.1) is 0 Å². The SMILES string of the molecule is CCOC1(C#N)CCCC(CC)C1. The molecule has 0 bridgehead atoms. The Bertz CT molecular complexity index is 193. The molecule has 2 heteroatoms. The van der Waals surface area contributed by atoms with Crippen LogP contribution < -0.4 is 0 Å². The van der Waals surface area contributed by atoms with E-state index in [1.54, 1.807) is 0 Å². The average molecular weight is 181 g/mol. The molecule has 0 radical (unpaired) electrons. The standard InChI is InChI=1S/C11H19NO/c1-3-10-6-5-7-11(8-10,9-12)13-4-2/h10H,3-8H2,1-2H3. The summed E-state index contributed by atoms with van der Waals surface area (Å²) in [4.78, 5) is 0. The Balaban J connectivity index is 2.59. The van der Waals surface area contributed by atoms with Gasteiger partial charge in [-0.1, -0.05) is 19.8 Å². The maximum absolute atomic E-state index is 9.11. The molecule has 0 N–H and O–H groups in total.